The number of carbonyl (C=O) groups is 2. The van der Waals surface area contributed by atoms with Gasteiger partial charge in [0, 0.05) is 11.4 Å². The molecule has 0 radical (unpaired) electrons. The van der Waals surface area contributed by atoms with Crippen LogP contribution in [0.25, 0.3) is 0 Å². The fourth-order valence-electron chi connectivity index (χ4n) is 3.43. The maximum Gasteiger partial charge on any atom is 0.258 e. The van der Waals surface area contributed by atoms with E-state index in [-0.39, 0.29) is 24.2 Å². The Balaban J connectivity index is 1.40. The number of hydrogen-bond donors (Lipinski definition) is 2. The van der Waals surface area contributed by atoms with Crippen LogP contribution in [-0.4, -0.2) is 18.4 Å². The Bertz CT molecular complexity index is 1230. The van der Waals surface area contributed by atoms with Crippen LogP contribution >= 0.6 is 11.3 Å². The molecule has 0 unspecified atom stereocenters. The molecule has 2 amide bonds. The maximum atomic E-state index is 13.4. The smallest absolute Gasteiger partial charge is 0.258 e. The zero-order valence-corrected chi connectivity index (χ0v) is 19.1. The molecule has 1 aromatic heterocycles. The molecule has 0 aliphatic heterocycles. The van der Waals surface area contributed by atoms with Crippen LogP contribution in [0, 0.1) is 5.82 Å². The van der Waals surface area contributed by atoms with Gasteiger partial charge in [0.15, 0.2) is 6.61 Å². The normalized spacial score (nSPS) is 11.4. The van der Waals surface area contributed by atoms with Crippen molar-refractivity contribution in [3.63, 3.8) is 0 Å². The Morgan fingerprint density at radius 1 is 0.882 bits per heavy atom. The first-order valence-corrected chi connectivity index (χ1v) is 11.6. The minimum Gasteiger partial charge on any atom is -0.483 e. The number of benzene rings is 3. The van der Waals surface area contributed by atoms with Crippen molar-refractivity contribution in [1.29, 1.82) is 0 Å². The Kier molecular flexibility index (Phi) is 7.67. The van der Waals surface area contributed by atoms with Crippen LogP contribution < -0.4 is 15.4 Å². The van der Waals surface area contributed by atoms with Gasteiger partial charge in [-0.1, -0.05) is 60.7 Å². The Labute approximate surface area is 201 Å². The third-order valence-electron chi connectivity index (χ3n) is 5.12. The van der Waals surface area contributed by atoms with E-state index in [0.29, 0.717) is 17.9 Å². The average molecular weight is 475 g/mol. The number of hydrogen-bond acceptors (Lipinski definition) is 4. The SMILES string of the molecule is O=C(COc1ccccc1C(=O)NCc1ccccc1)N[C@H](c1ccc(F)cc1)c1cccs1. The third kappa shape index (κ3) is 6.08. The van der Waals surface area contributed by atoms with Gasteiger partial charge in [0.05, 0.1) is 11.6 Å². The van der Waals surface area contributed by atoms with E-state index in [4.69, 9.17) is 4.74 Å². The monoisotopic (exact) mass is 474 g/mol. The van der Waals surface area contributed by atoms with E-state index in [1.165, 1.54) is 23.5 Å². The fourth-order valence-corrected chi connectivity index (χ4v) is 4.23. The first-order chi connectivity index (χ1) is 16.6. The van der Waals surface area contributed by atoms with Crippen LogP contribution in [0.15, 0.2) is 96.4 Å². The molecule has 172 valence electrons. The van der Waals surface area contributed by atoms with Gasteiger partial charge < -0.3 is 15.4 Å². The fraction of sp³-hybridized carbons (Fsp3) is 0.111. The second-order valence-corrected chi connectivity index (χ2v) is 8.50. The van der Waals surface area contributed by atoms with E-state index in [9.17, 15) is 14.0 Å². The summed E-state index contributed by atoms with van der Waals surface area (Å²) >= 11 is 1.49. The molecule has 0 saturated heterocycles. The predicted octanol–water partition coefficient (Wildman–Crippen LogP) is 5.10. The lowest BCUT2D eigenvalue weighted by Crippen LogP contribution is -2.33. The highest BCUT2D eigenvalue weighted by atomic mass is 32.1. The van der Waals surface area contributed by atoms with Gasteiger partial charge in [0.1, 0.15) is 11.6 Å². The van der Waals surface area contributed by atoms with Gasteiger partial charge in [0.25, 0.3) is 11.8 Å². The lowest BCUT2D eigenvalue weighted by molar-refractivity contribution is -0.123. The Morgan fingerprint density at radius 3 is 2.35 bits per heavy atom. The summed E-state index contributed by atoms with van der Waals surface area (Å²) < 4.78 is 19.1. The minimum atomic E-state index is -0.430. The summed E-state index contributed by atoms with van der Waals surface area (Å²) in [6.45, 7) is 0.112. The second-order valence-electron chi connectivity index (χ2n) is 7.52. The molecule has 5 nitrogen and oxygen atoms in total. The number of rotatable bonds is 9. The summed E-state index contributed by atoms with van der Waals surface area (Å²) in [6.07, 6.45) is 0. The molecule has 7 heteroatoms. The third-order valence-corrected chi connectivity index (χ3v) is 6.06. The van der Waals surface area contributed by atoms with E-state index in [2.05, 4.69) is 10.6 Å². The summed E-state index contributed by atoms with van der Waals surface area (Å²) in [5.41, 5.74) is 2.09. The van der Waals surface area contributed by atoms with E-state index >= 15 is 0 Å². The van der Waals surface area contributed by atoms with Crippen LogP contribution in [0.5, 0.6) is 5.75 Å². The van der Waals surface area contributed by atoms with Gasteiger partial charge in [-0.2, -0.15) is 0 Å². The molecular weight excluding hydrogens is 451 g/mol. The molecule has 0 spiro atoms. The zero-order chi connectivity index (χ0) is 23.8. The van der Waals surface area contributed by atoms with Gasteiger partial charge in [-0.05, 0) is 46.8 Å². The number of amides is 2. The lowest BCUT2D eigenvalue weighted by Gasteiger charge is -2.19. The van der Waals surface area contributed by atoms with Crippen molar-refractivity contribution < 1.29 is 18.7 Å². The van der Waals surface area contributed by atoms with Gasteiger partial charge >= 0.3 is 0 Å². The highest BCUT2D eigenvalue weighted by Crippen LogP contribution is 2.26. The standard InChI is InChI=1S/C27H23FN2O3S/c28-21-14-12-20(13-15-21)26(24-11-6-16-34-24)30-25(31)18-33-23-10-5-4-9-22(23)27(32)29-17-19-7-2-1-3-8-19/h1-16,26H,17-18H2,(H,29,32)(H,30,31)/t26-/m1/s1. The van der Waals surface area contributed by atoms with Gasteiger partial charge in [-0.15, -0.1) is 11.3 Å². The van der Waals surface area contributed by atoms with Crippen molar-refractivity contribution in [3.05, 3.63) is 124 Å². The topological polar surface area (TPSA) is 67.4 Å². The quantitative estimate of drug-likeness (QED) is 0.355. The molecule has 34 heavy (non-hydrogen) atoms. The first-order valence-electron chi connectivity index (χ1n) is 10.7. The van der Waals surface area contributed by atoms with Crippen molar-refractivity contribution in [3.8, 4) is 5.75 Å². The molecule has 3 aromatic carbocycles. The number of halogens is 1. The number of ether oxygens (including phenoxy) is 1. The summed E-state index contributed by atoms with van der Waals surface area (Å²) in [6, 6.07) is 25.8. The molecular formula is C27H23FN2O3S. The second kappa shape index (κ2) is 11.2. The summed E-state index contributed by atoms with van der Waals surface area (Å²) in [7, 11) is 0. The molecule has 0 bridgehead atoms. The Hall–Kier alpha value is -3.97. The molecule has 0 saturated carbocycles. The average Bonchev–Trinajstić information content (AvgIpc) is 3.41. The predicted molar refractivity (Wildman–Crippen MR) is 130 cm³/mol. The van der Waals surface area contributed by atoms with Crippen LogP contribution in [0.2, 0.25) is 0 Å². The van der Waals surface area contributed by atoms with E-state index in [1.54, 1.807) is 36.4 Å². The molecule has 1 heterocycles. The molecule has 0 aliphatic carbocycles. The van der Waals surface area contributed by atoms with Crippen LogP contribution in [0.4, 0.5) is 4.39 Å². The van der Waals surface area contributed by atoms with Crippen LogP contribution in [-0.2, 0) is 11.3 Å². The molecule has 2 N–H and O–H groups in total. The van der Waals surface area contributed by atoms with E-state index in [0.717, 1.165) is 16.0 Å². The Morgan fingerprint density at radius 2 is 1.62 bits per heavy atom. The van der Waals surface area contributed by atoms with Crippen molar-refractivity contribution in [1.82, 2.24) is 10.6 Å². The molecule has 4 aromatic rings. The van der Waals surface area contributed by atoms with Crippen molar-refractivity contribution in [2.75, 3.05) is 6.61 Å². The van der Waals surface area contributed by atoms with Crippen LogP contribution in [0.3, 0.4) is 0 Å². The van der Waals surface area contributed by atoms with Gasteiger partial charge in [-0.3, -0.25) is 9.59 Å². The van der Waals surface area contributed by atoms with Crippen LogP contribution in [0.1, 0.15) is 32.4 Å². The summed E-state index contributed by atoms with van der Waals surface area (Å²) in [5, 5.41) is 7.73. The van der Waals surface area contributed by atoms with Crippen molar-refractivity contribution in [2.45, 2.75) is 12.6 Å². The van der Waals surface area contributed by atoms with Crippen molar-refractivity contribution in [2.24, 2.45) is 0 Å². The number of para-hydroxylation sites is 1. The summed E-state index contributed by atoms with van der Waals surface area (Å²) in [4.78, 5) is 26.4. The first kappa shape index (κ1) is 23.2. The highest BCUT2D eigenvalue weighted by molar-refractivity contribution is 7.10. The number of nitrogens with one attached hydrogen (secondary N) is 2. The molecule has 1 atom stereocenters. The highest BCUT2D eigenvalue weighted by Gasteiger charge is 2.19. The van der Waals surface area contributed by atoms with Gasteiger partial charge in [-0.25, -0.2) is 4.39 Å². The summed E-state index contributed by atoms with van der Waals surface area (Å²) in [5.74, 6) is -0.673. The van der Waals surface area contributed by atoms with E-state index < -0.39 is 6.04 Å². The zero-order valence-electron chi connectivity index (χ0n) is 18.2. The van der Waals surface area contributed by atoms with Gasteiger partial charge in [0.2, 0.25) is 0 Å². The molecule has 4 rings (SSSR count). The van der Waals surface area contributed by atoms with Crippen molar-refractivity contribution >= 4 is 23.2 Å². The lowest BCUT2D eigenvalue weighted by atomic mass is 10.1. The largest absolute Gasteiger partial charge is 0.483 e. The number of thiophene rings is 1. The van der Waals surface area contributed by atoms with E-state index in [1.807, 2.05) is 47.8 Å². The number of carbonyl (C=O) groups excluding carboxylic acids is 2. The maximum absolute atomic E-state index is 13.4. The minimum absolute atomic E-state index is 0.272. The molecule has 0 fully saturated rings. The molecule has 0 aliphatic rings.